The second-order valence-corrected chi connectivity index (χ2v) is 16.9. The number of pyridine rings is 2. The van der Waals surface area contributed by atoms with E-state index in [1.807, 2.05) is 126 Å². The largest absolute Gasteiger partial charge is 0.453 e. The summed E-state index contributed by atoms with van der Waals surface area (Å²) in [5, 5.41) is 21.2. The standard InChI is InChI=1S/C47H61N7O6/c1-32(30-49-45(58)60-6)18-23-42(56)51-38(27-35-19-21-36(22-20-35)39-17-10-11-24-48-39)29-41(55)40(28-34-14-8-7-9-15-34)52-44(57)43(47(3,4)5)54-26-25-53(46(54)59)31-37-16-12-13-33(2)50-37/h7-17,19-22,24,32,38,40-41,43,55H,18,23,25-31H2,1-6H3,(H,49,58)(H,51,56)(H,52,57). The number of methoxy groups -OCH3 is 1. The van der Waals surface area contributed by atoms with Crippen LogP contribution in [-0.4, -0.2) is 99.8 Å². The van der Waals surface area contributed by atoms with Crippen molar-refractivity contribution in [1.29, 1.82) is 0 Å². The van der Waals surface area contributed by atoms with Gasteiger partial charge in [0.25, 0.3) is 0 Å². The normalized spacial score (nSPS) is 15.4. The third kappa shape index (κ3) is 13.4. The molecule has 1 aliphatic heterocycles. The molecule has 1 saturated heterocycles. The minimum absolute atomic E-state index is 0.0213. The highest BCUT2D eigenvalue weighted by molar-refractivity contribution is 5.89. The molecule has 60 heavy (non-hydrogen) atoms. The van der Waals surface area contributed by atoms with Crippen molar-refractivity contribution in [3.63, 3.8) is 0 Å². The number of aliphatic hydroxyl groups excluding tert-OH is 1. The summed E-state index contributed by atoms with van der Waals surface area (Å²) in [4.78, 5) is 65.9. The number of benzene rings is 2. The van der Waals surface area contributed by atoms with Crippen LogP contribution in [0.15, 0.2) is 97.2 Å². The van der Waals surface area contributed by atoms with Crippen LogP contribution in [0.3, 0.4) is 0 Å². The van der Waals surface area contributed by atoms with Crippen molar-refractivity contribution in [1.82, 2.24) is 35.7 Å². The van der Waals surface area contributed by atoms with Gasteiger partial charge in [0.05, 0.1) is 37.2 Å². The average molecular weight is 820 g/mol. The lowest BCUT2D eigenvalue weighted by Gasteiger charge is -2.38. The first-order chi connectivity index (χ1) is 28.7. The Balaban J connectivity index is 1.35. The number of carbonyl (C=O) groups excluding carboxylic acids is 4. The quantitative estimate of drug-likeness (QED) is 0.0884. The van der Waals surface area contributed by atoms with Crippen LogP contribution in [0.4, 0.5) is 9.59 Å². The fraction of sp³-hybridized carbons (Fsp3) is 0.447. The SMILES string of the molecule is COC(=O)NCC(C)CCC(=O)NC(Cc1ccc(-c2ccccn2)cc1)CC(O)C(Cc1ccccc1)NC(=O)C(N1CCN(Cc2cccc(C)n2)C1=O)C(C)(C)C. The van der Waals surface area contributed by atoms with E-state index in [9.17, 15) is 24.3 Å². The minimum atomic E-state index is -1.07. The number of aryl methyl sites for hydroxylation is 1. The van der Waals surface area contributed by atoms with Crippen molar-refractivity contribution in [3.05, 3.63) is 120 Å². The third-order valence-electron chi connectivity index (χ3n) is 10.8. The second-order valence-electron chi connectivity index (χ2n) is 16.9. The van der Waals surface area contributed by atoms with Gasteiger partial charge >= 0.3 is 12.1 Å². The van der Waals surface area contributed by atoms with E-state index < -0.39 is 35.7 Å². The maximum Gasteiger partial charge on any atom is 0.406 e. The number of nitrogens with one attached hydrogen (secondary N) is 3. The molecule has 13 nitrogen and oxygen atoms in total. The summed E-state index contributed by atoms with van der Waals surface area (Å²) in [5.74, 6) is -0.517. The lowest BCUT2D eigenvalue weighted by atomic mass is 9.84. The fourth-order valence-corrected chi connectivity index (χ4v) is 7.67. The van der Waals surface area contributed by atoms with E-state index >= 15 is 0 Å². The zero-order valence-electron chi connectivity index (χ0n) is 35.8. The molecule has 320 valence electrons. The Morgan fingerprint density at radius 3 is 2.27 bits per heavy atom. The Morgan fingerprint density at radius 2 is 1.60 bits per heavy atom. The van der Waals surface area contributed by atoms with Gasteiger partial charge in [-0.3, -0.25) is 19.6 Å². The van der Waals surface area contributed by atoms with Gasteiger partial charge in [-0.05, 0) is 79.3 Å². The van der Waals surface area contributed by atoms with Gasteiger partial charge in [-0.25, -0.2) is 9.59 Å². The Morgan fingerprint density at radius 1 is 0.883 bits per heavy atom. The maximum atomic E-state index is 14.5. The smallest absolute Gasteiger partial charge is 0.406 e. The number of carbonyl (C=O) groups is 4. The van der Waals surface area contributed by atoms with Crippen molar-refractivity contribution in [2.24, 2.45) is 11.3 Å². The molecule has 13 heteroatoms. The molecule has 5 rings (SSSR count). The number of amides is 5. The molecule has 0 bridgehead atoms. The summed E-state index contributed by atoms with van der Waals surface area (Å²) in [6, 6.07) is 26.8. The van der Waals surface area contributed by atoms with Crippen molar-refractivity contribution in [2.45, 2.75) is 97.5 Å². The summed E-state index contributed by atoms with van der Waals surface area (Å²) in [5.41, 5.74) is 4.69. The van der Waals surface area contributed by atoms with Gasteiger partial charge in [0.2, 0.25) is 11.8 Å². The summed E-state index contributed by atoms with van der Waals surface area (Å²) in [7, 11) is 1.31. The van der Waals surface area contributed by atoms with E-state index in [0.717, 1.165) is 33.8 Å². The Labute approximate surface area is 354 Å². The van der Waals surface area contributed by atoms with Gasteiger partial charge in [-0.15, -0.1) is 0 Å². The maximum absolute atomic E-state index is 14.5. The van der Waals surface area contributed by atoms with Gasteiger partial charge < -0.3 is 35.6 Å². The molecular weight excluding hydrogens is 759 g/mol. The summed E-state index contributed by atoms with van der Waals surface area (Å²) >= 11 is 0. The van der Waals surface area contributed by atoms with Gasteiger partial charge in [-0.1, -0.05) is 94.4 Å². The first-order valence-electron chi connectivity index (χ1n) is 20.8. The zero-order chi connectivity index (χ0) is 43.2. The Kier molecular flexibility index (Phi) is 16.2. The summed E-state index contributed by atoms with van der Waals surface area (Å²) in [6.45, 7) is 11.2. The van der Waals surface area contributed by atoms with Crippen molar-refractivity contribution < 1.29 is 29.0 Å². The summed E-state index contributed by atoms with van der Waals surface area (Å²) < 4.78 is 4.67. The molecule has 5 amide bonds. The molecule has 1 aliphatic rings. The highest BCUT2D eigenvalue weighted by Crippen LogP contribution is 2.29. The monoisotopic (exact) mass is 819 g/mol. The summed E-state index contributed by atoms with van der Waals surface area (Å²) in [6.07, 6.45) is 1.79. The number of hydrogen-bond acceptors (Lipinski definition) is 8. The van der Waals surface area contributed by atoms with Gasteiger partial charge in [-0.2, -0.15) is 0 Å². The van der Waals surface area contributed by atoms with E-state index in [1.54, 1.807) is 16.0 Å². The molecular formula is C47H61N7O6. The Hall–Kier alpha value is -5.82. The topological polar surface area (TPSA) is 166 Å². The first-order valence-corrected chi connectivity index (χ1v) is 20.8. The molecule has 4 aromatic rings. The average Bonchev–Trinajstić information content (AvgIpc) is 3.56. The molecule has 0 aliphatic carbocycles. The number of ether oxygens (including phenoxy) is 1. The van der Waals surface area contributed by atoms with E-state index in [1.165, 1.54) is 7.11 Å². The predicted molar refractivity (Wildman–Crippen MR) is 232 cm³/mol. The van der Waals surface area contributed by atoms with Crippen LogP contribution in [0.5, 0.6) is 0 Å². The molecule has 2 aromatic carbocycles. The predicted octanol–water partition coefficient (Wildman–Crippen LogP) is 6.08. The molecule has 5 unspecified atom stereocenters. The lowest BCUT2D eigenvalue weighted by molar-refractivity contribution is -0.130. The highest BCUT2D eigenvalue weighted by Gasteiger charge is 2.44. The minimum Gasteiger partial charge on any atom is -0.453 e. The Bertz CT molecular complexity index is 2010. The van der Waals surface area contributed by atoms with Gasteiger partial charge in [0.15, 0.2) is 0 Å². The van der Waals surface area contributed by atoms with Crippen molar-refractivity contribution in [3.8, 4) is 11.3 Å². The molecule has 3 heterocycles. The molecule has 0 radical (unpaired) electrons. The molecule has 4 N–H and O–H groups in total. The fourth-order valence-electron chi connectivity index (χ4n) is 7.67. The van der Waals surface area contributed by atoms with E-state index in [0.29, 0.717) is 45.4 Å². The molecule has 0 spiro atoms. The lowest BCUT2D eigenvalue weighted by Crippen LogP contribution is -2.58. The van der Waals surface area contributed by atoms with Crippen molar-refractivity contribution >= 4 is 23.9 Å². The van der Waals surface area contributed by atoms with Crippen LogP contribution < -0.4 is 16.0 Å². The van der Waals surface area contributed by atoms with E-state index in [4.69, 9.17) is 0 Å². The first kappa shape index (κ1) is 45.3. The van der Waals surface area contributed by atoms with Gasteiger partial charge in [0, 0.05) is 49.6 Å². The number of rotatable bonds is 19. The van der Waals surface area contributed by atoms with Crippen LogP contribution in [-0.2, 0) is 33.7 Å². The van der Waals surface area contributed by atoms with Crippen LogP contribution in [0.2, 0.25) is 0 Å². The molecule has 0 saturated carbocycles. The van der Waals surface area contributed by atoms with Crippen LogP contribution in [0, 0.1) is 18.3 Å². The number of nitrogens with zero attached hydrogens (tertiary/aromatic N) is 4. The number of aromatic nitrogens is 2. The van der Waals surface area contributed by atoms with Gasteiger partial charge in [0.1, 0.15) is 6.04 Å². The molecule has 2 aromatic heterocycles. The molecule has 5 atom stereocenters. The van der Waals surface area contributed by atoms with E-state index in [-0.39, 0.29) is 36.6 Å². The van der Waals surface area contributed by atoms with Crippen LogP contribution in [0.1, 0.15) is 69.5 Å². The second kappa shape index (κ2) is 21.4. The zero-order valence-corrected chi connectivity index (χ0v) is 35.8. The third-order valence-corrected chi connectivity index (χ3v) is 10.8. The number of aliphatic hydroxyl groups is 1. The highest BCUT2D eigenvalue weighted by atomic mass is 16.5. The number of urea groups is 1. The van der Waals surface area contributed by atoms with E-state index in [2.05, 4.69) is 30.7 Å². The van der Waals surface area contributed by atoms with Crippen LogP contribution >= 0.6 is 0 Å². The molecule has 1 fully saturated rings. The van der Waals surface area contributed by atoms with Crippen molar-refractivity contribution in [2.75, 3.05) is 26.7 Å². The van der Waals surface area contributed by atoms with Crippen LogP contribution in [0.25, 0.3) is 11.3 Å². The number of alkyl carbamates (subject to hydrolysis) is 1. The number of hydrogen-bond donors (Lipinski definition) is 4.